The van der Waals surface area contributed by atoms with Crippen LogP contribution in [-0.4, -0.2) is 24.3 Å². The average molecular weight is 310 g/mol. The van der Waals surface area contributed by atoms with Crippen LogP contribution in [0.15, 0.2) is 36.4 Å². The van der Waals surface area contributed by atoms with E-state index in [1.165, 1.54) is 12.1 Å². The Morgan fingerprint density at radius 3 is 2.95 bits per heavy atom. The molecule has 0 aromatic heterocycles. The number of amidine groups is 1. The van der Waals surface area contributed by atoms with E-state index >= 15 is 0 Å². The molecule has 0 saturated heterocycles. The van der Waals surface area contributed by atoms with Crippen LogP contribution in [0.3, 0.4) is 0 Å². The van der Waals surface area contributed by atoms with Gasteiger partial charge in [-0.2, -0.15) is 0 Å². The zero-order valence-electron chi connectivity index (χ0n) is 11.6. The highest BCUT2D eigenvalue weighted by Crippen LogP contribution is 2.25. The second-order valence-corrected chi connectivity index (χ2v) is 4.97. The molecule has 0 fully saturated rings. The van der Waals surface area contributed by atoms with Crippen molar-refractivity contribution in [3.05, 3.63) is 58.4 Å². The van der Waals surface area contributed by atoms with Crippen LogP contribution >= 0.6 is 11.6 Å². The van der Waals surface area contributed by atoms with Crippen molar-refractivity contribution < 1.29 is 4.39 Å². The first-order chi connectivity index (χ1) is 10.0. The molecule has 0 aliphatic carbocycles. The molecular formula is C14H17ClFN5. The van der Waals surface area contributed by atoms with Crippen molar-refractivity contribution in [3.8, 4) is 0 Å². The first-order valence-electron chi connectivity index (χ1n) is 6.40. The van der Waals surface area contributed by atoms with Crippen molar-refractivity contribution in [2.24, 2.45) is 5.73 Å². The molecule has 5 N–H and O–H groups in total. The number of likely N-dealkylation sites (N-methyl/N-ethyl adjacent to an activating group) is 1. The molecule has 21 heavy (non-hydrogen) atoms. The molecule has 0 radical (unpaired) electrons. The van der Waals surface area contributed by atoms with Crippen LogP contribution in [0, 0.1) is 11.2 Å². The lowest BCUT2D eigenvalue weighted by molar-refractivity contribution is 0.445. The summed E-state index contributed by atoms with van der Waals surface area (Å²) in [7, 11) is 1.85. The van der Waals surface area contributed by atoms with E-state index in [1.807, 2.05) is 24.2 Å². The highest BCUT2D eigenvalue weighted by atomic mass is 35.5. The van der Waals surface area contributed by atoms with Crippen molar-refractivity contribution >= 4 is 17.4 Å². The summed E-state index contributed by atoms with van der Waals surface area (Å²) in [5.41, 5.74) is 6.00. The van der Waals surface area contributed by atoms with Gasteiger partial charge in [-0.05, 0) is 25.3 Å². The molecule has 0 spiro atoms. The second-order valence-electron chi connectivity index (χ2n) is 4.57. The van der Waals surface area contributed by atoms with Crippen molar-refractivity contribution in [2.75, 3.05) is 13.6 Å². The Kier molecular flexibility index (Phi) is 4.82. The third-order valence-corrected chi connectivity index (χ3v) is 3.41. The SMILES string of the molecule is CNC/C=C1\NC=CN1Cc1c(F)cc(C(=N)N)cc1Cl. The Bertz CT molecular complexity index is 588. The summed E-state index contributed by atoms with van der Waals surface area (Å²) >= 11 is 6.11. The Morgan fingerprint density at radius 2 is 2.33 bits per heavy atom. The zero-order chi connectivity index (χ0) is 15.4. The minimum Gasteiger partial charge on any atom is -0.384 e. The lowest BCUT2D eigenvalue weighted by Crippen LogP contribution is -2.21. The predicted octanol–water partition coefficient (Wildman–Crippen LogP) is 1.70. The van der Waals surface area contributed by atoms with Gasteiger partial charge in [0.1, 0.15) is 17.5 Å². The summed E-state index contributed by atoms with van der Waals surface area (Å²) in [5.74, 6) is 0.177. The highest BCUT2D eigenvalue weighted by molar-refractivity contribution is 6.31. The molecule has 0 saturated carbocycles. The van der Waals surface area contributed by atoms with Crippen LogP contribution in [0.1, 0.15) is 11.1 Å². The Hall–Kier alpha value is -2.05. The van der Waals surface area contributed by atoms with Crippen LogP contribution < -0.4 is 16.4 Å². The van der Waals surface area contributed by atoms with Gasteiger partial charge in [0.15, 0.2) is 0 Å². The number of halogens is 2. The van der Waals surface area contributed by atoms with E-state index < -0.39 is 5.82 Å². The van der Waals surface area contributed by atoms with E-state index in [4.69, 9.17) is 22.7 Å². The third kappa shape index (κ3) is 3.53. The molecule has 1 aromatic carbocycles. The van der Waals surface area contributed by atoms with Gasteiger partial charge in [-0.25, -0.2) is 4.39 Å². The molecule has 112 valence electrons. The topological polar surface area (TPSA) is 77.2 Å². The van der Waals surface area contributed by atoms with Crippen LogP contribution in [-0.2, 0) is 6.54 Å². The number of nitrogens with two attached hydrogens (primary N) is 1. The van der Waals surface area contributed by atoms with Crippen LogP contribution in [0.4, 0.5) is 4.39 Å². The van der Waals surface area contributed by atoms with Crippen LogP contribution in [0.2, 0.25) is 5.02 Å². The van der Waals surface area contributed by atoms with Gasteiger partial charge in [0.25, 0.3) is 0 Å². The number of hydrogen-bond acceptors (Lipinski definition) is 4. The van der Waals surface area contributed by atoms with E-state index in [1.54, 1.807) is 6.20 Å². The highest BCUT2D eigenvalue weighted by Gasteiger charge is 2.17. The number of rotatable bonds is 5. The molecule has 0 amide bonds. The Balaban J connectivity index is 2.23. The standard InChI is InChI=1S/C14H17ClFN5/c1-19-3-2-13-20-4-5-21(13)8-10-11(15)6-9(14(17)18)7-12(10)16/h2,4-7,19-20H,3,8H2,1H3,(H3,17,18)/b13-2+. The van der Waals surface area contributed by atoms with Gasteiger partial charge in [0.05, 0.1) is 6.54 Å². The maximum atomic E-state index is 14.2. The summed E-state index contributed by atoms with van der Waals surface area (Å²) in [6.07, 6.45) is 5.54. The van der Waals surface area contributed by atoms with Gasteiger partial charge in [0.2, 0.25) is 0 Å². The molecule has 1 aliphatic rings. The van der Waals surface area contributed by atoms with Crippen LogP contribution in [0.5, 0.6) is 0 Å². The molecule has 7 heteroatoms. The van der Waals surface area contributed by atoms with Crippen molar-refractivity contribution in [1.29, 1.82) is 5.41 Å². The average Bonchev–Trinajstić information content (AvgIpc) is 2.87. The Labute approximate surface area is 127 Å². The van der Waals surface area contributed by atoms with E-state index in [9.17, 15) is 4.39 Å². The van der Waals surface area contributed by atoms with E-state index in [-0.39, 0.29) is 16.4 Å². The normalized spacial score (nSPS) is 15.6. The Morgan fingerprint density at radius 1 is 1.57 bits per heavy atom. The molecule has 1 heterocycles. The molecular weight excluding hydrogens is 293 g/mol. The van der Waals surface area contributed by atoms with Gasteiger partial charge in [0, 0.05) is 35.1 Å². The fourth-order valence-corrected chi connectivity index (χ4v) is 2.24. The van der Waals surface area contributed by atoms with E-state index in [2.05, 4.69) is 10.6 Å². The first-order valence-corrected chi connectivity index (χ1v) is 6.77. The number of hydrogen-bond donors (Lipinski definition) is 4. The second kappa shape index (κ2) is 6.60. The fourth-order valence-electron chi connectivity index (χ4n) is 1.97. The van der Waals surface area contributed by atoms with Gasteiger partial charge in [-0.3, -0.25) is 5.41 Å². The first kappa shape index (κ1) is 15.3. The molecule has 1 aromatic rings. The van der Waals surface area contributed by atoms with Gasteiger partial charge < -0.3 is 21.3 Å². The number of nitrogens with one attached hydrogen (secondary N) is 3. The maximum Gasteiger partial charge on any atom is 0.130 e. The van der Waals surface area contributed by atoms with Crippen molar-refractivity contribution in [1.82, 2.24) is 15.5 Å². The number of nitrogens with zero attached hydrogens (tertiary/aromatic N) is 1. The van der Waals surface area contributed by atoms with Gasteiger partial charge in [-0.1, -0.05) is 11.6 Å². The number of benzene rings is 1. The third-order valence-electron chi connectivity index (χ3n) is 3.08. The monoisotopic (exact) mass is 309 g/mol. The number of nitrogen functional groups attached to an aromatic ring is 1. The molecule has 0 atom stereocenters. The lowest BCUT2D eigenvalue weighted by atomic mass is 10.1. The summed E-state index contributed by atoms with van der Waals surface area (Å²) in [5, 5.41) is 13.7. The predicted molar refractivity (Wildman–Crippen MR) is 82.3 cm³/mol. The van der Waals surface area contributed by atoms with Crippen molar-refractivity contribution in [3.63, 3.8) is 0 Å². The summed E-state index contributed by atoms with van der Waals surface area (Å²) in [4.78, 5) is 1.86. The van der Waals surface area contributed by atoms with E-state index in [0.717, 1.165) is 5.82 Å². The minimum absolute atomic E-state index is 0.209. The lowest BCUT2D eigenvalue weighted by Gasteiger charge is -2.19. The molecule has 0 bridgehead atoms. The summed E-state index contributed by atoms with van der Waals surface area (Å²) in [6, 6.07) is 2.74. The molecule has 1 aliphatic heterocycles. The molecule has 2 rings (SSSR count). The maximum absolute atomic E-state index is 14.2. The van der Waals surface area contributed by atoms with Crippen molar-refractivity contribution in [2.45, 2.75) is 6.54 Å². The van der Waals surface area contributed by atoms with Gasteiger partial charge >= 0.3 is 0 Å². The van der Waals surface area contributed by atoms with E-state index in [0.29, 0.717) is 18.7 Å². The molecule has 5 nitrogen and oxygen atoms in total. The summed E-state index contributed by atoms with van der Waals surface area (Å²) < 4.78 is 14.2. The molecule has 0 unspecified atom stereocenters. The van der Waals surface area contributed by atoms with Crippen LogP contribution in [0.25, 0.3) is 0 Å². The summed E-state index contributed by atoms with van der Waals surface area (Å²) in [6.45, 7) is 0.988. The smallest absolute Gasteiger partial charge is 0.130 e. The van der Waals surface area contributed by atoms with Gasteiger partial charge in [-0.15, -0.1) is 0 Å². The zero-order valence-corrected chi connectivity index (χ0v) is 12.3. The fraction of sp³-hybridized carbons (Fsp3) is 0.214. The quantitative estimate of drug-likeness (QED) is 0.493. The largest absolute Gasteiger partial charge is 0.384 e. The minimum atomic E-state index is -0.471.